The summed E-state index contributed by atoms with van der Waals surface area (Å²) in [6.45, 7) is 11.6. The lowest BCUT2D eigenvalue weighted by Gasteiger charge is -2.06. The number of aryl methyl sites for hydroxylation is 1. The van der Waals surface area contributed by atoms with Gasteiger partial charge in [-0.25, -0.2) is 9.67 Å². The predicted molar refractivity (Wildman–Crippen MR) is 71.7 cm³/mol. The van der Waals surface area contributed by atoms with E-state index in [-0.39, 0.29) is 0 Å². The highest BCUT2D eigenvalue weighted by Gasteiger charge is 2.03. The van der Waals surface area contributed by atoms with Gasteiger partial charge in [0.05, 0.1) is 0 Å². The smallest absolute Gasteiger partial charge is 0.153 e. The summed E-state index contributed by atoms with van der Waals surface area (Å²) < 4.78 is 1.92. The standard InChI is InChI=1S/C13H24N4/c1-5-17-13(15-10-16-17)12(4)7-6-8-14-9-11(2)3/h7,10-11,14H,5-6,8-9H2,1-4H3. The first-order valence-corrected chi connectivity index (χ1v) is 6.40. The molecular formula is C13H24N4. The van der Waals surface area contributed by atoms with E-state index in [4.69, 9.17) is 0 Å². The Labute approximate surface area is 104 Å². The first-order valence-electron chi connectivity index (χ1n) is 6.40. The fraction of sp³-hybridized carbons (Fsp3) is 0.692. The number of nitrogens with one attached hydrogen (secondary N) is 1. The van der Waals surface area contributed by atoms with Gasteiger partial charge >= 0.3 is 0 Å². The monoisotopic (exact) mass is 236 g/mol. The average molecular weight is 236 g/mol. The van der Waals surface area contributed by atoms with Crippen molar-refractivity contribution in [3.8, 4) is 0 Å². The molecule has 0 bridgehead atoms. The number of allylic oxidation sites excluding steroid dienone is 1. The normalized spacial score (nSPS) is 12.4. The lowest BCUT2D eigenvalue weighted by atomic mass is 10.2. The van der Waals surface area contributed by atoms with Gasteiger partial charge in [0.2, 0.25) is 0 Å². The highest BCUT2D eigenvalue weighted by molar-refractivity contribution is 5.57. The molecule has 0 saturated carbocycles. The molecule has 0 aliphatic rings. The summed E-state index contributed by atoms with van der Waals surface area (Å²) in [6, 6.07) is 0. The van der Waals surface area contributed by atoms with Gasteiger partial charge in [-0.05, 0) is 44.8 Å². The van der Waals surface area contributed by atoms with E-state index in [0.29, 0.717) is 5.92 Å². The van der Waals surface area contributed by atoms with Gasteiger partial charge in [0.15, 0.2) is 5.82 Å². The second kappa shape index (κ2) is 7.22. The third-order valence-electron chi connectivity index (χ3n) is 2.59. The Balaban J connectivity index is 2.39. The first-order chi connectivity index (χ1) is 8.15. The summed E-state index contributed by atoms with van der Waals surface area (Å²) in [6.07, 6.45) is 4.88. The van der Waals surface area contributed by atoms with Crippen LogP contribution >= 0.6 is 0 Å². The molecule has 96 valence electrons. The van der Waals surface area contributed by atoms with Gasteiger partial charge in [-0.15, -0.1) is 0 Å². The molecule has 0 amide bonds. The second-order valence-corrected chi connectivity index (χ2v) is 4.67. The molecule has 1 heterocycles. The van der Waals surface area contributed by atoms with E-state index < -0.39 is 0 Å². The molecule has 1 rings (SSSR count). The minimum Gasteiger partial charge on any atom is -0.316 e. The van der Waals surface area contributed by atoms with Crippen LogP contribution in [0, 0.1) is 5.92 Å². The van der Waals surface area contributed by atoms with Gasteiger partial charge in [0.1, 0.15) is 6.33 Å². The zero-order valence-corrected chi connectivity index (χ0v) is 11.4. The summed E-state index contributed by atoms with van der Waals surface area (Å²) >= 11 is 0. The zero-order valence-electron chi connectivity index (χ0n) is 11.4. The molecule has 0 atom stereocenters. The summed E-state index contributed by atoms with van der Waals surface area (Å²) in [4.78, 5) is 4.28. The van der Waals surface area contributed by atoms with Crippen LogP contribution in [-0.4, -0.2) is 27.9 Å². The predicted octanol–water partition coefficient (Wildman–Crippen LogP) is 2.34. The summed E-state index contributed by atoms with van der Waals surface area (Å²) in [5.41, 5.74) is 1.20. The van der Waals surface area contributed by atoms with Crippen molar-refractivity contribution >= 4 is 5.57 Å². The molecular weight excluding hydrogens is 212 g/mol. The van der Waals surface area contributed by atoms with Gasteiger partial charge in [0, 0.05) is 6.54 Å². The van der Waals surface area contributed by atoms with Crippen molar-refractivity contribution in [1.82, 2.24) is 20.1 Å². The maximum Gasteiger partial charge on any atom is 0.153 e. The molecule has 0 fully saturated rings. The van der Waals surface area contributed by atoms with Crippen molar-refractivity contribution in [3.63, 3.8) is 0 Å². The Morgan fingerprint density at radius 2 is 2.29 bits per heavy atom. The SMILES string of the molecule is CCn1ncnc1C(C)=CCCNCC(C)C. The maximum absolute atomic E-state index is 4.28. The van der Waals surface area contributed by atoms with Gasteiger partial charge < -0.3 is 5.32 Å². The van der Waals surface area contributed by atoms with Gasteiger partial charge in [0.25, 0.3) is 0 Å². The van der Waals surface area contributed by atoms with Crippen molar-refractivity contribution in [1.29, 1.82) is 0 Å². The average Bonchev–Trinajstić information content (AvgIpc) is 2.75. The summed E-state index contributed by atoms with van der Waals surface area (Å²) in [7, 11) is 0. The highest BCUT2D eigenvalue weighted by atomic mass is 15.3. The molecule has 0 aromatic carbocycles. The van der Waals surface area contributed by atoms with E-state index in [1.54, 1.807) is 6.33 Å². The third-order valence-corrected chi connectivity index (χ3v) is 2.59. The Hall–Kier alpha value is -1.16. The molecule has 0 aliphatic heterocycles. The Morgan fingerprint density at radius 3 is 2.94 bits per heavy atom. The van der Waals surface area contributed by atoms with E-state index in [0.717, 1.165) is 31.9 Å². The van der Waals surface area contributed by atoms with Crippen molar-refractivity contribution in [2.24, 2.45) is 5.92 Å². The Bertz CT molecular complexity index is 352. The summed E-state index contributed by atoms with van der Waals surface area (Å²) in [5, 5.41) is 7.60. The Morgan fingerprint density at radius 1 is 1.53 bits per heavy atom. The number of hydrogen-bond donors (Lipinski definition) is 1. The van der Waals surface area contributed by atoms with Crippen LogP contribution in [0.2, 0.25) is 0 Å². The number of nitrogens with zero attached hydrogens (tertiary/aromatic N) is 3. The van der Waals surface area contributed by atoms with Crippen LogP contribution in [0.25, 0.3) is 5.57 Å². The van der Waals surface area contributed by atoms with Crippen LogP contribution < -0.4 is 5.32 Å². The molecule has 1 N–H and O–H groups in total. The van der Waals surface area contributed by atoms with Crippen LogP contribution in [-0.2, 0) is 6.54 Å². The van der Waals surface area contributed by atoms with Crippen LogP contribution in [0.4, 0.5) is 0 Å². The summed E-state index contributed by atoms with van der Waals surface area (Å²) in [5.74, 6) is 1.69. The minimum absolute atomic E-state index is 0.711. The fourth-order valence-electron chi connectivity index (χ4n) is 1.67. The molecule has 0 spiro atoms. The van der Waals surface area contributed by atoms with Crippen molar-refractivity contribution in [2.45, 2.75) is 40.7 Å². The molecule has 4 nitrogen and oxygen atoms in total. The Kier molecular flexibility index (Phi) is 5.91. The van der Waals surface area contributed by atoms with Crippen LogP contribution in [0.3, 0.4) is 0 Å². The van der Waals surface area contributed by atoms with E-state index in [1.165, 1.54) is 5.57 Å². The minimum atomic E-state index is 0.711. The zero-order chi connectivity index (χ0) is 12.7. The quantitative estimate of drug-likeness (QED) is 0.739. The highest BCUT2D eigenvalue weighted by Crippen LogP contribution is 2.10. The van der Waals surface area contributed by atoms with Crippen LogP contribution in [0.1, 0.15) is 39.9 Å². The van der Waals surface area contributed by atoms with E-state index in [2.05, 4.69) is 49.2 Å². The maximum atomic E-state index is 4.28. The lowest BCUT2D eigenvalue weighted by molar-refractivity contribution is 0.557. The first kappa shape index (κ1) is 13.9. The second-order valence-electron chi connectivity index (χ2n) is 4.67. The van der Waals surface area contributed by atoms with E-state index in [9.17, 15) is 0 Å². The fourth-order valence-corrected chi connectivity index (χ4v) is 1.67. The van der Waals surface area contributed by atoms with Gasteiger partial charge in [-0.1, -0.05) is 19.9 Å². The molecule has 1 aromatic rings. The molecule has 0 radical (unpaired) electrons. The molecule has 0 aliphatic carbocycles. The number of rotatable bonds is 7. The van der Waals surface area contributed by atoms with Crippen molar-refractivity contribution < 1.29 is 0 Å². The van der Waals surface area contributed by atoms with Crippen molar-refractivity contribution in [2.75, 3.05) is 13.1 Å². The van der Waals surface area contributed by atoms with Crippen LogP contribution in [0.5, 0.6) is 0 Å². The van der Waals surface area contributed by atoms with Crippen molar-refractivity contribution in [3.05, 3.63) is 18.2 Å². The molecule has 0 unspecified atom stereocenters. The number of aromatic nitrogens is 3. The molecule has 4 heteroatoms. The van der Waals surface area contributed by atoms with E-state index >= 15 is 0 Å². The van der Waals surface area contributed by atoms with E-state index in [1.807, 2.05) is 4.68 Å². The molecule has 0 saturated heterocycles. The van der Waals surface area contributed by atoms with Gasteiger partial charge in [-0.3, -0.25) is 0 Å². The number of hydrogen-bond acceptors (Lipinski definition) is 3. The van der Waals surface area contributed by atoms with Gasteiger partial charge in [-0.2, -0.15) is 5.10 Å². The molecule has 17 heavy (non-hydrogen) atoms. The topological polar surface area (TPSA) is 42.7 Å². The largest absolute Gasteiger partial charge is 0.316 e. The molecule has 1 aromatic heterocycles. The lowest BCUT2D eigenvalue weighted by Crippen LogP contribution is -2.20. The third kappa shape index (κ3) is 4.69. The van der Waals surface area contributed by atoms with Crippen LogP contribution in [0.15, 0.2) is 12.4 Å².